The van der Waals surface area contributed by atoms with Crippen LogP contribution in [-0.2, 0) is 14.6 Å². The Hall–Kier alpha value is -1.76. The minimum atomic E-state index is -3.18. The maximum atomic E-state index is 11.7. The third-order valence-electron chi connectivity index (χ3n) is 2.75. The molecule has 1 rings (SSSR count). The van der Waals surface area contributed by atoms with Crippen molar-refractivity contribution in [2.24, 2.45) is 0 Å². The van der Waals surface area contributed by atoms with Gasteiger partial charge >= 0.3 is 5.97 Å². The number of hydrogen-bond acceptors (Lipinski definition) is 6. The van der Waals surface area contributed by atoms with Crippen LogP contribution >= 0.6 is 0 Å². The molecule has 0 heterocycles. The maximum absolute atomic E-state index is 11.7. The highest BCUT2D eigenvalue weighted by Crippen LogP contribution is 2.22. The summed E-state index contributed by atoms with van der Waals surface area (Å²) in [6, 6.07) is 4.51. The van der Waals surface area contributed by atoms with E-state index in [-0.39, 0.29) is 23.7 Å². The Balaban J connectivity index is 2.81. The SMILES string of the molecule is COC(=O)c1cc(N)ccc1OCCS(=O)(=O)C(C)C. The first-order chi connectivity index (χ1) is 9.27. The molecule has 1 aromatic rings. The minimum absolute atomic E-state index is 0.0333. The number of ether oxygens (including phenoxy) is 2. The van der Waals surface area contributed by atoms with Gasteiger partial charge in [0.2, 0.25) is 0 Å². The van der Waals surface area contributed by atoms with Crippen LogP contribution in [0, 0.1) is 0 Å². The first kappa shape index (κ1) is 16.3. The van der Waals surface area contributed by atoms with E-state index < -0.39 is 21.1 Å². The van der Waals surface area contributed by atoms with E-state index in [1.165, 1.54) is 19.2 Å². The van der Waals surface area contributed by atoms with Gasteiger partial charge in [-0.3, -0.25) is 0 Å². The van der Waals surface area contributed by atoms with Crippen molar-refractivity contribution < 1.29 is 22.7 Å². The average molecular weight is 301 g/mol. The molecule has 2 N–H and O–H groups in total. The van der Waals surface area contributed by atoms with E-state index in [2.05, 4.69) is 4.74 Å². The van der Waals surface area contributed by atoms with Crippen LogP contribution in [0.1, 0.15) is 24.2 Å². The van der Waals surface area contributed by atoms with Crippen molar-refractivity contribution >= 4 is 21.5 Å². The Morgan fingerprint density at radius 2 is 2.00 bits per heavy atom. The van der Waals surface area contributed by atoms with Crippen LogP contribution in [-0.4, -0.2) is 39.1 Å². The molecule has 0 fully saturated rings. The molecule has 0 atom stereocenters. The second-order valence-corrected chi connectivity index (χ2v) is 7.19. The fourth-order valence-corrected chi connectivity index (χ4v) is 2.23. The molecular formula is C13H19NO5S. The Morgan fingerprint density at radius 1 is 1.35 bits per heavy atom. The van der Waals surface area contributed by atoms with Crippen LogP contribution in [0.25, 0.3) is 0 Å². The summed E-state index contributed by atoms with van der Waals surface area (Å²) in [6.07, 6.45) is 0. The number of nitrogen functional groups attached to an aromatic ring is 1. The molecule has 0 spiro atoms. The molecule has 112 valence electrons. The number of benzene rings is 1. The average Bonchev–Trinajstić information content (AvgIpc) is 2.39. The lowest BCUT2D eigenvalue weighted by Crippen LogP contribution is -2.22. The van der Waals surface area contributed by atoms with Gasteiger partial charge in [0, 0.05) is 5.69 Å². The van der Waals surface area contributed by atoms with Gasteiger partial charge in [-0.15, -0.1) is 0 Å². The molecule has 0 aliphatic heterocycles. The zero-order chi connectivity index (χ0) is 15.3. The van der Waals surface area contributed by atoms with Gasteiger partial charge in [0.25, 0.3) is 0 Å². The molecule has 0 amide bonds. The van der Waals surface area contributed by atoms with Gasteiger partial charge in [-0.1, -0.05) is 0 Å². The number of anilines is 1. The fourth-order valence-electron chi connectivity index (χ4n) is 1.45. The van der Waals surface area contributed by atoms with Gasteiger partial charge in [0.1, 0.15) is 17.9 Å². The second kappa shape index (κ2) is 6.60. The number of esters is 1. The standard InChI is InChI=1S/C13H19NO5S/c1-9(2)20(16,17)7-6-19-12-5-4-10(14)8-11(12)13(15)18-3/h4-5,8-9H,6-7,14H2,1-3H3. The predicted molar refractivity (Wildman–Crippen MR) is 76.6 cm³/mol. The first-order valence-electron chi connectivity index (χ1n) is 6.10. The van der Waals surface area contributed by atoms with E-state index in [0.717, 1.165) is 0 Å². The Morgan fingerprint density at radius 3 is 2.55 bits per heavy atom. The van der Waals surface area contributed by atoms with E-state index in [4.69, 9.17) is 10.5 Å². The van der Waals surface area contributed by atoms with Crippen LogP contribution in [0.15, 0.2) is 18.2 Å². The van der Waals surface area contributed by atoms with Crippen molar-refractivity contribution in [3.63, 3.8) is 0 Å². The molecule has 0 aliphatic carbocycles. The van der Waals surface area contributed by atoms with Gasteiger partial charge in [-0.05, 0) is 32.0 Å². The maximum Gasteiger partial charge on any atom is 0.341 e. The lowest BCUT2D eigenvalue weighted by Gasteiger charge is -2.12. The molecule has 6 nitrogen and oxygen atoms in total. The van der Waals surface area contributed by atoms with Crippen molar-refractivity contribution in [2.75, 3.05) is 25.2 Å². The van der Waals surface area contributed by atoms with Gasteiger partial charge in [-0.25, -0.2) is 13.2 Å². The highest BCUT2D eigenvalue weighted by Gasteiger charge is 2.18. The fraction of sp³-hybridized carbons (Fsp3) is 0.462. The molecule has 0 aromatic heterocycles. The summed E-state index contributed by atoms with van der Waals surface area (Å²) in [6.45, 7) is 3.19. The largest absolute Gasteiger partial charge is 0.492 e. The smallest absolute Gasteiger partial charge is 0.341 e. The number of rotatable bonds is 6. The van der Waals surface area contributed by atoms with Crippen LogP contribution in [0.5, 0.6) is 5.75 Å². The number of sulfone groups is 1. The lowest BCUT2D eigenvalue weighted by atomic mass is 10.2. The van der Waals surface area contributed by atoms with Gasteiger partial charge < -0.3 is 15.2 Å². The van der Waals surface area contributed by atoms with E-state index in [0.29, 0.717) is 5.69 Å². The van der Waals surface area contributed by atoms with Crippen molar-refractivity contribution in [3.05, 3.63) is 23.8 Å². The first-order valence-corrected chi connectivity index (χ1v) is 7.81. The van der Waals surface area contributed by atoms with E-state index in [1.54, 1.807) is 19.9 Å². The summed E-state index contributed by atoms with van der Waals surface area (Å²) < 4.78 is 33.3. The lowest BCUT2D eigenvalue weighted by molar-refractivity contribution is 0.0596. The van der Waals surface area contributed by atoms with E-state index in [1.807, 2.05) is 0 Å². The van der Waals surface area contributed by atoms with Crippen molar-refractivity contribution in [1.82, 2.24) is 0 Å². The normalized spacial score (nSPS) is 11.4. The summed E-state index contributed by atoms with van der Waals surface area (Å²) in [5.41, 5.74) is 6.17. The van der Waals surface area contributed by atoms with E-state index >= 15 is 0 Å². The summed E-state index contributed by atoms with van der Waals surface area (Å²) in [4.78, 5) is 11.6. The predicted octanol–water partition coefficient (Wildman–Crippen LogP) is 1.26. The molecule has 0 saturated carbocycles. The van der Waals surface area contributed by atoms with Crippen molar-refractivity contribution in [1.29, 1.82) is 0 Å². The molecule has 0 bridgehead atoms. The number of methoxy groups -OCH3 is 1. The number of hydrogen-bond donors (Lipinski definition) is 1. The van der Waals surface area contributed by atoms with Crippen LogP contribution in [0.3, 0.4) is 0 Å². The molecule has 7 heteroatoms. The zero-order valence-electron chi connectivity index (χ0n) is 11.8. The molecule has 0 unspecified atom stereocenters. The minimum Gasteiger partial charge on any atom is -0.492 e. The molecule has 20 heavy (non-hydrogen) atoms. The summed E-state index contributed by atoms with van der Waals surface area (Å²) in [5, 5.41) is -0.461. The molecular weight excluding hydrogens is 282 g/mol. The van der Waals surface area contributed by atoms with E-state index in [9.17, 15) is 13.2 Å². The Kier molecular flexibility index (Phi) is 5.38. The van der Waals surface area contributed by atoms with Crippen LogP contribution in [0.4, 0.5) is 5.69 Å². The van der Waals surface area contributed by atoms with Crippen molar-refractivity contribution in [3.8, 4) is 5.75 Å². The molecule has 0 radical (unpaired) electrons. The number of carbonyl (C=O) groups excluding carboxylic acids is 1. The van der Waals surface area contributed by atoms with Crippen LogP contribution in [0.2, 0.25) is 0 Å². The quantitative estimate of drug-likeness (QED) is 0.627. The topological polar surface area (TPSA) is 95.7 Å². The van der Waals surface area contributed by atoms with Gasteiger partial charge in [-0.2, -0.15) is 0 Å². The van der Waals surface area contributed by atoms with Crippen molar-refractivity contribution in [2.45, 2.75) is 19.1 Å². The summed E-state index contributed by atoms with van der Waals surface area (Å²) >= 11 is 0. The molecule has 1 aromatic carbocycles. The Labute approximate surface area is 118 Å². The second-order valence-electron chi connectivity index (χ2n) is 4.51. The number of nitrogens with two attached hydrogens (primary N) is 1. The van der Waals surface area contributed by atoms with Crippen LogP contribution < -0.4 is 10.5 Å². The zero-order valence-corrected chi connectivity index (χ0v) is 12.6. The molecule has 0 aliphatic rings. The monoisotopic (exact) mass is 301 g/mol. The summed E-state index contributed by atoms with van der Waals surface area (Å²) in [7, 11) is -1.93. The van der Waals surface area contributed by atoms with Gasteiger partial charge in [0.05, 0.1) is 18.1 Å². The number of carbonyl (C=O) groups is 1. The highest BCUT2D eigenvalue weighted by molar-refractivity contribution is 7.91. The Bertz CT molecular complexity index is 580. The highest BCUT2D eigenvalue weighted by atomic mass is 32.2. The van der Waals surface area contributed by atoms with Gasteiger partial charge in [0.15, 0.2) is 9.84 Å². The third kappa shape index (κ3) is 4.12. The molecule has 0 saturated heterocycles. The third-order valence-corrected chi connectivity index (χ3v) is 4.92. The summed E-state index contributed by atoms with van der Waals surface area (Å²) in [5.74, 6) is -0.445.